The highest BCUT2D eigenvalue weighted by atomic mass is 35.5. The summed E-state index contributed by atoms with van der Waals surface area (Å²) in [6.07, 6.45) is 6.91. The summed E-state index contributed by atoms with van der Waals surface area (Å²) in [7, 11) is 2.10. The Morgan fingerprint density at radius 1 is 0.957 bits per heavy atom. The molecule has 0 aliphatic rings. The zero-order chi connectivity index (χ0) is 16.9. The summed E-state index contributed by atoms with van der Waals surface area (Å²) < 4.78 is 5.66. The third-order valence-electron chi connectivity index (χ3n) is 3.81. The van der Waals surface area contributed by atoms with E-state index in [2.05, 4.69) is 11.9 Å². The lowest BCUT2D eigenvalue weighted by Crippen LogP contribution is -2.20. The SMILES string of the molecule is CN(CCCCOCCCCCCN)Cc1c(Cl)cccc1Cl. The molecule has 0 heterocycles. The zero-order valence-corrected chi connectivity index (χ0v) is 15.7. The van der Waals surface area contributed by atoms with Crippen molar-refractivity contribution in [3.8, 4) is 0 Å². The predicted molar refractivity (Wildman–Crippen MR) is 100 cm³/mol. The molecule has 0 radical (unpaired) electrons. The highest BCUT2D eigenvalue weighted by molar-refractivity contribution is 6.35. The minimum absolute atomic E-state index is 0.738. The van der Waals surface area contributed by atoms with Crippen molar-refractivity contribution in [3.63, 3.8) is 0 Å². The molecule has 0 aliphatic heterocycles. The molecule has 0 unspecified atom stereocenters. The van der Waals surface area contributed by atoms with E-state index in [9.17, 15) is 0 Å². The lowest BCUT2D eigenvalue weighted by molar-refractivity contribution is 0.123. The van der Waals surface area contributed by atoms with Gasteiger partial charge in [0, 0.05) is 35.4 Å². The van der Waals surface area contributed by atoms with Crippen LogP contribution in [0.5, 0.6) is 0 Å². The maximum atomic E-state index is 6.20. The third-order valence-corrected chi connectivity index (χ3v) is 4.52. The van der Waals surface area contributed by atoms with E-state index in [-0.39, 0.29) is 0 Å². The lowest BCUT2D eigenvalue weighted by atomic mass is 10.2. The van der Waals surface area contributed by atoms with Gasteiger partial charge in [-0.25, -0.2) is 0 Å². The molecule has 0 amide bonds. The Morgan fingerprint density at radius 2 is 1.57 bits per heavy atom. The van der Waals surface area contributed by atoms with Crippen molar-refractivity contribution in [3.05, 3.63) is 33.8 Å². The number of rotatable bonds is 13. The maximum Gasteiger partial charge on any atom is 0.0466 e. The van der Waals surface area contributed by atoms with Gasteiger partial charge < -0.3 is 15.4 Å². The summed E-state index contributed by atoms with van der Waals surface area (Å²) in [6.45, 7) is 4.31. The van der Waals surface area contributed by atoms with E-state index in [4.69, 9.17) is 33.7 Å². The molecule has 0 atom stereocenters. The van der Waals surface area contributed by atoms with Gasteiger partial charge >= 0.3 is 0 Å². The van der Waals surface area contributed by atoms with Crippen molar-refractivity contribution in [1.29, 1.82) is 0 Å². The first-order chi connectivity index (χ1) is 11.1. The van der Waals surface area contributed by atoms with Crippen molar-refractivity contribution in [1.82, 2.24) is 4.90 Å². The molecule has 2 N–H and O–H groups in total. The van der Waals surface area contributed by atoms with E-state index in [1.807, 2.05) is 18.2 Å². The van der Waals surface area contributed by atoms with Crippen LogP contribution in [0, 0.1) is 0 Å². The molecule has 0 saturated heterocycles. The lowest BCUT2D eigenvalue weighted by Gasteiger charge is -2.18. The smallest absolute Gasteiger partial charge is 0.0466 e. The van der Waals surface area contributed by atoms with Crippen LogP contribution in [0.3, 0.4) is 0 Å². The normalized spacial score (nSPS) is 11.3. The van der Waals surface area contributed by atoms with Crippen LogP contribution in [-0.2, 0) is 11.3 Å². The van der Waals surface area contributed by atoms with Gasteiger partial charge in [0.15, 0.2) is 0 Å². The van der Waals surface area contributed by atoms with Crippen molar-refractivity contribution < 1.29 is 4.74 Å². The van der Waals surface area contributed by atoms with Crippen LogP contribution in [0.1, 0.15) is 44.1 Å². The first kappa shape index (κ1) is 20.7. The number of benzene rings is 1. The van der Waals surface area contributed by atoms with Crippen LogP contribution >= 0.6 is 23.2 Å². The molecule has 0 saturated carbocycles. The van der Waals surface area contributed by atoms with Crippen molar-refractivity contribution in [2.45, 2.75) is 45.1 Å². The first-order valence-electron chi connectivity index (χ1n) is 8.54. The molecule has 132 valence electrons. The van der Waals surface area contributed by atoms with Gasteiger partial charge in [-0.3, -0.25) is 0 Å². The number of hydrogen-bond acceptors (Lipinski definition) is 3. The van der Waals surface area contributed by atoms with Gasteiger partial charge in [-0.15, -0.1) is 0 Å². The van der Waals surface area contributed by atoms with E-state index < -0.39 is 0 Å². The molecule has 0 bridgehead atoms. The van der Waals surface area contributed by atoms with Gasteiger partial charge in [0.05, 0.1) is 0 Å². The van der Waals surface area contributed by atoms with Crippen molar-refractivity contribution in [2.24, 2.45) is 5.73 Å². The highest BCUT2D eigenvalue weighted by Crippen LogP contribution is 2.25. The van der Waals surface area contributed by atoms with Gasteiger partial charge in [0.2, 0.25) is 0 Å². The van der Waals surface area contributed by atoms with Gasteiger partial charge in [0.25, 0.3) is 0 Å². The van der Waals surface area contributed by atoms with Crippen LogP contribution in [0.2, 0.25) is 10.0 Å². The molecule has 5 heteroatoms. The number of nitrogens with zero attached hydrogens (tertiary/aromatic N) is 1. The Balaban J connectivity index is 2.03. The maximum absolute atomic E-state index is 6.20. The molecule has 0 aliphatic carbocycles. The Labute approximate surface area is 151 Å². The Hall–Kier alpha value is -0.320. The largest absolute Gasteiger partial charge is 0.381 e. The fraction of sp³-hybridized carbons (Fsp3) is 0.667. The summed E-state index contributed by atoms with van der Waals surface area (Å²) in [5.74, 6) is 0. The first-order valence-corrected chi connectivity index (χ1v) is 9.30. The fourth-order valence-electron chi connectivity index (χ4n) is 2.42. The highest BCUT2D eigenvalue weighted by Gasteiger charge is 2.08. The van der Waals surface area contributed by atoms with E-state index >= 15 is 0 Å². The summed E-state index contributed by atoms with van der Waals surface area (Å²) in [6, 6.07) is 5.65. The number of unbranched alkanes of at least 4 members (excludes halogenated alkanes) is 4. The molecule has 3 nitrogen and oxygen atoms in total. The van der Waals surface area contributed by atoms with E-state index in [0.717, 1.165) is 74.1 Å². The summed E-state index contributed by atoms with van der Waals surface area (Å²) in [5.41, 5.74) is 6.47. The van der Waals surface area contributed by atoms with Crippen LogP contribution < -0.4 is 5.73 Å². The monoisotopic (exact) mass is 360 g/mol. The summed E-state index contributed by atoms with van der Waals surface area (Å²) in [5, 5.41) is 1.48. The van der Waals surface area contributed by atoms with Gasteiger partial charge in [-0.1, -0.05) is 42.1 Å². The minimum atomic E-state index is 0.738. The molecule has 1 aromatic carbocycles. The second-order valence-corrected chi connectivity index (χ2v) is 6.77. The van der Waals surface area contributed by atoms with Crippen molar-refractivity contribution in [2.75, 3.05) is 33.4 Å². The second kappa shape index (κ2) is 13.0. The topological polar surface area (TPSA) is 38.5 Å². The zero-order valence-electron chi connectivity index (χ0n) is 14.2. The number of ether oxygens (including phenoxy) is 1. The van der Waals surface area contributed by atoms with E-state index in [1.54, 1.807) is 0 Å². The van der Waals surface area contributed by atoms with Crippen LogP contribution in [0.4, 0.5) is 0 Å². The average molecular weight is 361 g/mol. The molecule has 0 aromatic heterocycles. The van der Waals surface area contributed by atoms with Gasteiger partial charge in [-0.2, -0.15) is 0 Å². The molecule has 0 fully saturated rings. The van der Waals surface area contributed by atoms with Gasteiger partial charge in [-0.05, 0) is 58.0 Å². The third kappa shape index (κ3) is 9.53. The minimum Gasteiger partial charge on any atom is -0.381 e. The fourth-order valence-corrected chi connectivity index (χ4v) is 2.94. The average Bonchev–Trinajstić information content (AvgIpc) is 2.53. The van der Waals surface area contributed by atoms with Crippen LogP contribution in [0.15, 0.2) is 18.2 Å². The molecule has 0 spiro atoms. The Bertz CT molecular complexity index is 409. The second-order valence-electron chi connectivity index (χ2n) is 5.96. The van der Waals surface area contributed by atoms with Crippen LogP contribution in [0.25, 0.3) is 0 Å². The Kier molecular flexibility index (Phi) is 11.7. The standard InChI is InChI=1S/C18H30Cl2N2O/c1-22(15-16-17(19)9-8-10-18(16)20)12-5-7-14-23-13-6-3-2-4-11-21/h8-10H,2-7,11-15,21H2,1H3. The van der Waals surface area contributed by atoms with E-state index in [0.29, 0.717) is 0 Å². The number of halogens is 2. The summed E-state index contributed by atoms with van der Waals surface area (Å²) >= 11 is 12.4. The van der Waals surface area contributed by atoms with Crippen molar-refractivity contribution >= 4 is 23.2 Å². The Morgan fingerprint density at radius 3 is 2.22 bits per heavy atom. The van der Waals surface area contributed by atoms with Gasteiger partial charge in [0.1, 0.15) is 0 Å². The molecule has 1 rings (SSSR count). The molecular weight excluding hydrogens is 331 g/mol. The van der Waals surface area contributed by atoms with Crippen LogP contribution in [-0.4, -0.2) is 38.3 Å². The molecule has 23 heavy (non-hydrogen) atoms. The number of nitrogens with two attached hydrogens (primary N) is 1. The quantitative estimate of drug-likeness (QED) is 0.516. The number of hydrogen-bond donors (Lipinski definition) is 1. The predicted octanol–water partition coefficient (Wildman–Crippen LogP) is 4.74. The van der Waals surface area contributed by atoms with E-state index in [1.165, 1.54) is 12.8 Å². The molecular formula is C18H30Cl2N2O. The molecule has 1 aromatic rings. The summed E-state index contributed by atoms with van der Waals surface area (Å²) in [4.78, 5) is 2.25.